The van der Waals surface area contributed by atoms with Gasteiger partial charge in [0.05, 0.1) is 10.5 Å². The number of sulfonamides is 1. The molecular formula is C12H18N2O4S2. The van der Waals surface area contributed by atoms with E-state index in [1.807, 2.05) is 13.2 Å². The second kappa shape index (κ2) is 6.96. The lowest BCUT2D eigenvalue weighted by Gasteiger charge is -2.17. The molecule has 1 unspecified atom stereocenters. The van der Waals surface area contributed by atoms with Crippen molar-refractivity contribution in [3.8, 4) is 0 Å². The number of nitrogens with two attached hydrogens (primary N) is 1. The van der Waals surface area contributed by atoms with Crippen molar-refractivity contribution in [1.29, 1.82) is 0 Å². The lowest BCUT2D eigenvalue weighted by molar-refractivity contribution is 0.0692. The van der Waals surface area contributed by atoms with E-state index in [0.29, 0.717) is 12.2 Å². The molecule has 0 saturated heterocycles. The third-order valence-corrected chi connectivity index (χ3v) is 5.02. The number of carboxylic acid groups (broad SMARTS) is 1. The van der Waals surface area contributed by atoms with Gasteiger partial charge in [-0.05, 0) is 30.9 Å². The normalized spacial score (nSPS) is 13.1. The first kappa shape index (κ1) is 16.8. The van der Waals surface area contributed by atoms with Crippen LogP contribution in [-0.4, -0.2) is 37.5 Å². The summed E-state index contributed by atoms with van der Waals surface area (Å²) in [5.41, 5.74) is 5.39. The number of carbonyl (C=O) groups is 1. The highest BCUT2D eigenvalue weighted by Gasteiger charge is 2.24. The van der Waals surface area contributed by atoms with Crippen molar-refractivity contribution in [2.24, 2.45) is 0 Å². The summed E-state index contributed by atoms with van der Waals surface area (Å²) in [6, 6.07) is 3.49. The molecular weight excluding hydrogens is 300 g/mol. The summed E-state index contributed by atoms with van der Waals surface area (Å²) in [7, 11) is -3.89. The van der Waals surface area contributed by atoms with Gasteiger partial charge in [-0.15, -0.1) is 0 Å². The second-order valence-electron chi connectivity index (χ2n) is 4.24. The highest BCUT2D eigenvalue weighted by atomic mass is 32.2. The van der Waals surface area contributed by atoms with Crippen molar-refractivity contribution in [3.05, 3.63) is 23.8 Å². The molecule has 1 aromatic carbocycles. The molecule has 8 heteroatoms. The van der Waals surface area contributed by atoms with Gasteiger partial charge in [0.15, 0.2) is 0 Å². The molecule has 0 aliphatic carbocycles. The van der Waals surface area contributed by atoms with Crippen LogP contribution in [0.5, 0.6) is 0 Å². The van der Waals surface area contributed by atoms with Gasteiger partial charge in [-0.2, -0.15) is 11.8 Å². The van der Waals surface area contributed by atoms with Gasteiger partial charge in [-0.25, -0.2) is 17.9 Å². The summed E-state index contributed by atoms with van der Waals surface area (Å²) < 4.78 is 27.1. The van der Waals surface area contributed by atoms with E-state index in [1.165, 1.54) is 23.9 Å². The Kier molecular flexibility index (Phi) is 5.85. The van der Waals surface area contributed by atoms with Crippen LogP contribution in [0.2, 0.25) is 0 Å². The van der Waals surface area contributed by atoms with Crippen LogP contribution in [-0.2, 0) is 10.0 Å². The molecule has 1 aromatic rings. The van der Waals surface area contributed by atoms with Crippen LogP contribution >= 0.6 is 11.8 Å². The molecule has 1 atom stereocenters. The Labute approximate surface area is 122 Å². The number of aromatic carboxylic acids is 1. The lowest BCUT2D eigenvalue weighted by atomic mass is 10.2. The van der Waals surface area contributed by atoms with Crippen molar-refractivity contribution >= 4 is 33.4 Å². The Morgan fingerprint density at radius 3 is 2.65 bits per heavy atom. The standard InChI is InChI=1S/C12H18N2O4S2/c1-3-9(7-19-2)14-20(17,18)11-5-4-8(13)6-10(11)12(15)16/h4-6,9,14H,3,7,13H2,1-2H3,(H,15,16). The molecule has 4 N–H and O–H groups in total. The van der Waals surface area contributed by atoms with Gasteiger partial charge in [-0.3, -0.25) is 0 Å². The molecule has 112 valence electrons. The monoisotopic (exact) mass is 318 g/mol. The third kappa shape index (κ3) is 4.12. The fraction of sp³-hybridized carbons (Fsp3) is 0.417. The van der Waals surface area contributed by atoms with Crippen molar-refractivity contribution in [3.63, 3.8) is 0 Å². The Balaban J connectivity index is 3.18. The van der Waals surface area contributed by atoms with Crippen molar-refractivity contribution in [2.75, 3.05) is 17.7 Å². The van der Waals surface area contributed by atoms with Crippen molar-refractivity contribution in [1.82, 2.24) is 4.72 Å². The minimum absolute atomic E-state index is 0.206. The SMILES string of the molecule is CCC(CSC)NS(=O)(=O)c1ccc(N)cc1C(=O)O. The molecule has 0 radical (unpaired) electrons. The smallest absolute Gasteiger partial charge is 0.337 e. The summed E-state index contributed by atoms with van der Waals surface area (Å²) in [6.07, 6.45) is 2.50. The number of rotatable bonds is 7. The van der Waals surface area contributed by atoms with Crippen LogP contribution in [0.4, 0.5) is 5.69 Å². The van der Waals surface area contributed by atoms with E-state index in [-0.39, 0.29) is 22.2 Å². The summed E-state index contributed by atoms with van der Waals surface area (Å²) in [5, 5.41) is 9.10. The van der Waals surface area contributed by atoms with Gasteiger partial charge < -0.3 is 10.8 Å². The quantitative estimate of drug-likeness (QED) is 0.655. The molecule has 0 heterocycles. The van der Waals surface area contributed by atoms with Crippen molar-refractivity contribution in [2.45, 2.75) is 24.3 Å². The van der Waals surface area contributed by atoms with Crippen LogP contribution in [0.1, 0.15) is 23.7 Å². The molecule has 0 aliphatic heterocycles. The number of carboxylic acids is 1. The predicted molar refractivity (Wildman–Crippen MR) is 80.6 cm³/mol. The van der Waals surface area contributed by atoms with E-state index in [2.05, 4.69) is 4.72 Å². The summed E-state index contributed by atoms with van der Waals surface area (Å²) in [6.45, 7) is 1.87. The van der Waals surface area contributed by atoms with E-state index in [9.17, 15) is 13.2 Å². The number of nitrogens with one attached hydrogen (secondary N) is 1. The molecule has 0 saturated carbocycles. The molecule has 6 nitrogen and oxygen atoms in total. The Bertz CT molecular complexity index is 587. The van der Waals surface area contributed by atoms with Crippen LogP contribution in [0.15, 0.2) is 23.1 Å². The van der Waals surface area contributed by atoms with Crippen LogP contribution in [0.25, 0.3) is 0 Å². The van der Waals surface area contributed by atoms with E-state index in [4.69, 9.17) is 10.8 Å². The van der Waals surface area contributed by atoms with E-state index in [1.54, 1.807) is 0 Å². The number of hydrogen-bond donors (Lipinski definition) is 3. The van der Waals surface area contributed by atoms with E-state index < -0.39 is 16.0 Å². The summed E-state index contributed by atoms with van der Waals surface area (Å²) in [5.74, 6) is -0.705. The van der Waals surface area contributed by atoms with Crippen LogP contribution in [0, 0.1) is 0 Å². The largest absolute Gasteiger partial charge is 0.478 e. The minimum Gasteiger partial charge on any atom is -0.478 e. The third-order valence-electron chi connectivity index (χ3n) is 2.71. The summed E-state index contributed by atoms with van der Waals surface area (Å²) in [4.78, 5) is 10.9. The van der Waals surface area contributed by atoms with Gasteiger partial charge in [0.1, 0.15) is 0 Å². The maximum atomic E-state index is 12.3. The molecule has 20 heavy (non-hydrogen) atoms. The van der Waals surface area contributed by atoms with E-state index in [0.717, 1.165) is 6.07 Å². The first-order valence-electron chi connectivity index (χ1n) is 5.96. The van der Waals surface area contributed by atoms with Gasteiger partial charge in [0.2, 0.25) is 10.0 Å². The Hall–Kier alpha value is -1.25. The Morgan fingerprint density at radius 2 is 2.15 bits per heavy atom. The maximum Gasteiger partial charge on any atom is 0.337 e. The lowest BCUT2D eigenvalue weighted by Crippen LogP contribution is -2.36. The first-order chi connectivity index (χ1) is 9.31. The van der Waals surface area contributed by atoms with Gasteiger partial charge >= 0.3 is 5.97 Å². The number of hydrogen-bond acceptors (Lipinski definition) is 5. The molecule has 1 rings (SSSR count). The van der Waals surface area contributed by atoms with Gasteiger partial charge in [0.25, 0.3) is 0 Å². The van der Waals surface area contributed by atoms with E-state index >= 15 is 0 Å². The highest BCUT2D eigenvalue weighted by molar-refractivity contribution is 7.98. The zero-order valence-electron chi connectivity index (χ0n) is 11.3. The fourth-order valence-corrected chi connectivity index (χ4v) is 3.99. The molecule has 0 aliphatic rings. The molecule has 0 bridgehead atoms. The maximum absolute atomic E-state index is 12.3. The number of thioether (sulfide) groups is 1. The average molecular weight is 318 g/mol. The second-order valence-corrected chi connectivity index (χ2v) is 6.84. The predicted octanol–water partition coefficient (Wildman–Crippen LogP) is 1.39. The van der Waals surface area contributed by atoms with Gasteiger partial charge in [-0.1, -0.05) is 6.92 Å². The van der Waals surface area contributed by atoms with Crippen molar-refractivity contribution < 1.29 is 18.3 Å². The zero-order valence-corrected chi connectivity index (χ0v) is 12.9. The molecule has 0 spiro atoms. The topological polar surface area (TPSA) is 109 Å². The molecule has 0 fully saturated rings. The Morgan fingerprint density at radius 1 is 1.50 bits per heavy atom. The van der Waals surface area contributed by atoms with Gasteiger partial charge in [0, 0.05) is 17.5 Å². The minimum atomic E-state index is -3.89. The molecule has 0 amide bonds. The first-order valence-corrected chi connectivity index (χ1v) is 8.83. The average Bonchev–Trinajstić information content (AvgIpc) is 2.37. The number of benzene rings is 1. The van der Waals surface area contributed by atoms with Crippen LogP contribution in [0.3, 0.4) is 0 Å². The fourth-order valence-electron chi connectivity index (χ4n) is 1.67. The number of anilines is 1. The summed E-state index contributed by atoms with van der Waals surface area (Å²) >= 11 is 1.52. The van der Waals surface area contributed by atoms with Crippen LogP contribution < -0.4 is 10.5 Å². The number of nitrogen functional groups attached to an aromatic ring is 1. The highest BCUT2D eigenvalue weighted by Crippen LogP contribution is 2.20. The molecule has 0 aromatic heterocycles. The zero-order chi connectivity index (χ0) is 15.3.